The molecule has 4 bridgehead atoms. The number of halogens is 9. The summed E-state index contributed by atoms with van der Waals surface area (Å²) in [6.45, 7) is 1.70. The molecule has 4 saturated carbocycles. The summed E-state index contributed by atoms with van der Waals surface area (Å²) in [7, 11) is 0. The van der Waals surface area contributed by atoms with Crippen LogP contribution in [0.25, 0.3) is 0 Å². The van der Waals surface area contributed by atoms with Crippen molar-refractivity contribution in [1.29, 1.82) is 0 Å². The highest BCUT2D eigenvalue weighted by Gasteiger charge is 2.65. The molecule has 0 radical (unpaired) electrons. The molecule has 0 heterocycles. The van der Waals surface area contributed by atoms with Crippen LogP contribution in [0, 0.1) is 5.92 Å². The van der Waals surface area contributed by atoms with E-state index in [-0.39, 0.29) is 16.8 Å². The molecule has 15 heteroatoms. The zero-order chi connectivity index (χ0) is 25.3. The van der Waals surface area contributed by atoms with Crippen molar-refractivity contribution in [3.63, 3.8) is 0 Å². The Labute approximate surface area is 248 Å². The van der Waals surface area contributed by atoms with Crippen LogP contribution in [-0.2, 0) is 14.2 Å². The van der Waals surface area contributed by atoms with Crippen molar-refractivity contribution in [3.8, 4) is 0 Å². The van der Waals surface area contributed by atoms with Gasteiger partial charge in [0, 0.05) is 39.1 Å². The number of hydrogen-bond acceptors (Lipinski definition) is 3. The molecule has 4 fully saturated rings. The van der Waals surface area contributed by atoms with E-state index in [0.717, 1.165) is 57.8 Å². The first-order valence-electron chi connectivity index (χ1n) is 11.6. The molecule has 4 aliphatic carbocycles. The molecule has 3 nitrogen and oxygen atoms in total. The van der Waals surface area contributed by atoms with Gasteiger partial charge in [0.05, 0.1) is 16.8 Å². The zero-order valence-electron chi connectivity index (χ0n) is 18.8. The van der Waals surface area contributed by atoms with Crippen molar-refractivity contribution in [3.05, 3.63) is 0 Å². The van der Waals surface area contributed by atoms with Crippen LogP contribution in [0.4, 0.5) is 0 Å². The number of ether oxygens (including phenoxy) is 3. The predicted octanol–water partition coefficient (Wildman–Crippen LogP) is 9.39. The van der Waals surface area contributed by atoms with Crippen LogP contribution in [0.5, 0.6) is 0 Å². The summed E-state index contributed by atoms with van der Waals surface area (Å²) in [5.41, 5.74) is -0.868. The van der Waals surface area contributed by atoms with Gasteiger partial charge in [0.25, 0.3) is 0 Å². The molecule has 0 saturated heterocycles. The maximum Gasteiger partial charge on any atom is 0.341 e. The minimum atomic E-state index is -2.66. The van der Waals surface area contributed by atoms with E-state index >= 15 is 0 Å². The predicted molar refractivity (Wildman–Crippen MR) is 155 cm³/mol. The van der Waals surface area contributed by atoms with Crippen molar-refractivity contribution in [2.24, 2.45) is 5.92 Å². The van der Waals surface area contributed by atoms with Crippen LogP contribution < -0.4 is 0 Å². The Bertz CT molecular complexity index is 588. The highest BCUT2D eigenvalue weighted by atomic mass is 35.9. The average Bonchev–Trinajstić information content (AvgIpc) is 2.63. The Morgan fingerprint density at radius 2 is 0.765 bits per heavy atom. The molecule has 0 atom stereocenters. The maximum absolute atomic E-state index is 6.58. The highest BCUT2D eigenvalue weighted by molar-refractivity contribution is 7.65. The van der Waals surface area contributed by atoms with E-state index in [1.54, 1.807) is 0 Å². The lowest BCUT2D eigenvalue weighted by Crippen LogP contribution is -2.68. The fourth-order valence-corrected chi connectivity index (χ4v) is 11.6. The van der Waals surface area contributed by atoms with Gasteiger partial charge in [-0.3, -0.25) is 0 Å². The summed E-state index contributed by atoms with van der Waals surface area (Å²) >= 11 is 54.6. The van der Waals surface area contributed by atoms with Crippen molar-refractivity contribution < 1.29 is 14.2 Å². The molecule has 0 aliphatic heterocycles. The Kier molecular flexibility index (Phi) is 11.5. The van der Waals surface area contributed by atoms with Gasteiger partial charge in [0.15, 0.2) is 0 Å². The third-order valence-electron chi connectivity index (χ3n) is 6.95. The van der Waals surface area contributed by atoms with E-state index in [4.69, 9.17) is 114 Å². The molecule has 0 aromatic carbocycles. The topological polar surface area (TPSA) is 27.7 Å². The van der Waals surface area contributed by atoms with Crippen LogP contribution in [0.15, 0.2) is 0 Å². The van der Waals surface area contributed by atoms with E-state index in [0.29, 0.717) is 43.9 Å². The Hall–Kier alpha value is 3.14. The van der Waals surface area contributed by atoms with Crippen LogP contribution in [0.1, 0.15) is 57.8 Å². The first-order valence-corrected chi connectivity index (χ1v) is 27.4. The second-order valence-corrected chi connectivity index (χ2v) is 38.1. The van der Waals surface area contributed by atoms with Crippen molar-refractivity contribution in [1.82, 2.24) is 0 Å². The molecule has 0 aromatic rings. The van der Waals surface area contributed by atoms with E-state index < -0.39 is 18.0 Å². The van der Waals surface area contributed by atoms with Gasteiger partial charge in [-0.15, -0.1) is 99.7 Å². The molecule has 4 aliphatic rings. The van der Waals surface area contributed by atoms with E-state index in [9.17, 15) is 0 Å². The fourth-order valence-electron chi connectivity index (χ4n) is 6.34. The van der Waals surface area contributed by atoms with E-state index in [2.05, 4.69) is 0 Å². The Morgan fingerprint density at radius 3 is 1.00 bits per heavy atom. The van der Waals surface area contributed by atoms with Gasteiger partial charge in [0.1, 0.15) is 0 Å². The third kappa shape index (κ3) is 10.3. The summed E-state index contributed by atoms with van der Waals surface area (Å²) in [4.78, 5) is 0. The van der Waals surface area contributed by atoms with Gasteiger partial charge in [0.2, 0.25) is 0 Å². The molecule has 34 heavy (non-hydrogen) atoms. The minimum Gasteiger partial charge on any atom is -0.375 e. The zero-order valence-corrected chi connectivity index (χ0v) is 28.6. The summed E-state index contributed by atoms with van der Waals surface area (Å²) in [5, 5.41) is 0. The molecule has 0 N–H and O–H groups in total. The highest BCUT2D eigenvalue weighted by Crippen LogP contribution is 2.63. The third-order valence-corrected chi connectivity index (χ3v) is 14.8. The maximum atomic E-state index is 6.58. The second kappa shape index (κ2) is 12.3. The summed E-state index contributed by atoms with van der Waals surface area (Å²) in [5.74, 6) is 0.476. The summed E-state index contributed by atoms with van der Waals surface area (Å²) in [6.07, 6.45) is 7.77. The number of rotatable bonds is 15. The standard InChI is InChI=1S/C19H31Cl9O3Si3/c20-32(21,22)7-1-4-29-17-10-16-11-18(13-17,30-5-2-8-33(23,24)25)15-19(12-16,14-17)31-6-3-9-34(26,27)28/h16H,1-15H2. The van der Waals surface area contributed by atoms with Gasteiger partial charge < -0.3 is 14.2 Å². The molecule has 4 rings (SSSR count). The SMILES string of the molecule is Cl[Si](Cl)(Cl)CCCOC12CC3CC(OCCC[Si](Cl)(Cl)Cl)(C1)CC(OCCC[Si](Cl)(Cl)Cl)(C3)C2. The van der Waals surface area contributed by atoms with E-state index in [1.807, 2.05) is 0 Å². The van der Waals surface area contributed by atoms with E-state index in [1.165, 1.54) is 0 Å². The monoisotopic (exact) mass is 706 g/mol. The average molecular weight is 711 g/mol. The van der Waals surface area contributed by atoms with Crippen molar-refractivity contribution in [2.75, 3.05) is 19.8 Å². The van der Waals surface area contributed by atoms with Crippen LogP contribution in [-0.4, -0.2) is 54.6 Å². The molecule has 0 aromatic heterocycles. The van der Waals surface area contributed by atoms with Gasteiger partial charge in [-0.25, -0.2) is 0 Å². The normalized spacial score (nSPS) is 33.6. The number of hydrogen-bond donors (Lipinski definition) is 0. The lowest BCUT2D eigenvalue weighted by molar-refractivity contribution is -0.290. The van der Waals surface area contributed by atoms with Crippen molar-refractivity contribution >= 4 is 118 Å². The fraction of sp³-hybridized carbons (Fsp3) is 1.00. The van der Waals surface area contributed by atoms with Gasteiger partial charge >= 0.3 is 18.0 Å². The minimum absolute atomic E-state index is 0.289. The Balaban J connectivity index is 1.66. The van der Waals surface area contributed by atoms with Crippen LogP contribution >= 0.6 is 99.7 Å². The molecule has 0 spiro atoms. The Morgan fingerprint density at radius 1 is 0.500 bits per heavy atom. The van der Waals surface area contributed by atoms with Gasteiger partial charge in [-0.05, 0) is 62.6 Å². The molecular weight excluding hydrogens is 680 g/mol. The van der Waals surface area contributed by atoms with Gasteiger partial charge in [-0.1, -0.05) is 0 Å². The molecular formula is C19H31Cl9O3Si3. The lowest BCUT2D eigenvalue weighted by Gasteiger charge is -2.65. The largest absolute Gasteiger partial charge is 0.375 e. The van der Waals surface area contributed by atoms with Crippen LogP contribution in [0.2, 0.25) is 18.1 Å². The first kappa shape index (κ1) is 31.7. The summed E-state index contributed by atoms with van der Waals surface area (Å²) in [6, 6.07) is -6.22. The van der Waals surface area contributed by atoms with Gasteiger partial charge in [-0.2, -0.15) is 0 Å². The smallest absolute Gasteiger partial charge is 0.341 e. The van der Waals surface area contributed by atoms with Crippen molar-refractivity contribution in [2.45, 2.75) is 92.7 Å². The first-order chi connectivity index (χ1) is 15.5. The quantitative estimate of drug-likeness (QED) is 0.0964. The second-order valence-electron chi connectivity index (χ2n) is 10.3. The molecule has 0 amide bonds. The van der Waals surface area contributed by atoms with Crippen LogP contribution in [0.3, 0.4) is 0 Å². The lowest BCUT2D eigenvalue weighted by atomic mass is 9.50. The summed E-state index contributed by atoms with van der Waals surface area (Å²) < 4.78 is 19.7. The molecule has 0 unspecified atom stereocenters. The molecule has 200 valence electrons.